The lowest BCUT2D eigenvalue weighted by atomic mass is 10.0. The first kappa shape index (κ1) is 20.0. The van der Waals surface area contributed by atoms with E-state index < -0.39 is 0 Å². The van der Waals surface area contributed by atoms with Gasteiger partial charge in [0.15, 0.2) is 0 Å². The van der Waals surface area contributed by atoms with Crippen molar-refractivity contribution < 1.29 is 0 Å². The second-order valence-electron chi connectivity index (χ2n) is 6.67. The summed E-state index contributed by atoms with van der Waals surface area (Å²) in [4.78, 5) is 4.07. The number of hydrogen-bond acceptors (Lipinski definition) is 3. The minimum absolute atomic E-state index is 0.256. The van der Waals surface area contributed by atoms with Crippen LogP contribution in [0.15, 0.2) is 85.5 Å². The Morgan fingerprint density at radius 1 is 0.793 bits per heavy atom. The van der Waals surface area contributed by atoms with Gasteiger partial charge >= 0.3 is 0 Å². The summed E-state index contributed by atoms with van der Waals surface area (Å²) in [6, 6.07) is 24.7. The van der Waals surface area contributed by atoms with Gasteiger partial charge in [0.05, 0.1) is 6.54 Å². The Morgan fingerprint density at radius 3 is 1.97 bits per heavy atom. The van der Waals surface area contributed by atoms with Gasteiger partial charge in [-0.25, -0.2) is 4.98 Å². The molecule has 6 heteroatoms. The standard InChI is InChI=1S/C23H19Cl2N3S/c24-21-9-1-17(2-10-21)14-29-23(13-28-16-26-15-27-28)20-5-3-18(4-6-20)19-7-11-22(25)12-8-19/h1-12,15-16,23H,13-14H2. The molecule has 0 bridgehead atoms. The average molecular weight is 440 g/mol. The van der Waals surface area contributed by atoms with Crippen LogP contribution < -0.4 is 0 Å². The summed E-state index contributed by atoms with van der Waals surface area (Å²) in [7, 11) is 0. The van der Waals surface area contributed by atoms with Crippen molar-refractivity contribution in [3.05, 3.63) is 107 Å². The lowest BCUT2D eigenvalue weighted by Gasteiger charge is -2.18. The molecule has 0 N–H and O–H groups in total. The maximum atomic E-state index is 6.01. The molecule has 4 rings (SSSR count). The molecule has 3 aromatic carbocycles. The molecule has 0 saturated carbocycles. The smallest absolute Gasteiger partial charge is 0.137 e. The van der Waals surface area contributed by atoms with Crippen LogP contribution in [0.25, 0.3) is 11.1 Å². The van der Waals surface area contributed by atoms with Crippen LogP contribution in [0.2, 0.25) is 10.0 Å². The molecule has 0 aliphatic carbocycles. The SMILES string of the molecule is Clc1ccc(CSC(Cn2cncn2)c2ccc(-c3ccc(Cl)cc3)cc2)cc1. The van der Waals surface area contributed by atoms with Crippen LogP contribution in [0.3, 0.4) is 0 Å². The topological polar surface area (TPSA) is 30.7 Å². The molecule has 29 heavy (non-hydrogen) atoms. The number of nitrogens with zero attached hydrogens (tertiary/aromatic N) is 3. The molecule has 1 unspecified atom stereocenters. The number of hydrogen-bond donors (Lipinski definition) is 0. The second kappa shape index (κ2) is 9.49. The van der Waals surface area contributed by atoms with E-state index in [0.717, 1.165) is 27.9 Å². The third-order valence-corrected chi connectivity index (χ3v) is 6.47. The molecule has 0 saturated heterocycles. The fraction of sp³-hybridized carbons (Fsp3) is 0.130. The van der Waals surface area contributed by atoms with Crippen molar-refractivity contribution in [3.8, 4) is 11.1 Å². The lowest BCUT2D eigenvalue weighted by molar-refractivity contribution is 0.604. The van der Waals surface area contributed by atoms with Crippen molar-refractivity contribution in [2.75, 3.05) is 0 Å². The summed E-state index contributed by atoms with van der Waals surface area (Å²) in [5.74, 6) is 0.898. The molecule has 0 spiro atoms. The minimum Gasteiger partial charge on any atom is -0.252 e. The fourth-order valence-electron chi connectivity index (χ4n) is 3.06. The second-order valence-corrected chi connectivity index (χ2v) is 8.74. The molecule has 3 nitrogen and oxygen atoms in total. The predicted molar refractivity (Wildman–Crippen MR) is 122 cm³/mol. The highest BCUT2D eigenvalue weighted by molar-refractivity contribution is 7.98. The summed E-state index contributed by atoms with van der Waals surface area (Å²) < 4.78 is 1.88. The summed E-state index contributed by atoms with van der Waals surface area (Å²) in [5.41, 5.74) is 4.84. The zero-order valence-electron chi connectivity index (χ0n) is 15.6. The molecule has 0 radical (unpaired) electrons. The average Bonchev–Trinajstić information content (AvgIpc) is 3.26. The van der Waals surface area contributed by atoms with Crippen molar-refractivity contribution in [1.29, 1.82) is 0 Å². The molecular formula is C23H19Cl2N3S. The summed E-state index contributed by atoms with van der Waals surface area (Å²) in [6.45, 7) is 0.762. The van der Waals surface area contributed by atoms with Crippen LogP contribution in [0.1, 0.15) is 16.4 Å². The van der Waals surface area contributed by atoms with Crippen LogP contribution in [-0.2, 0) is 12.3 Å². The molecule has 0 amide bonds. The van der Waals surface area contributed by atoms with Crippen molar-refractivity contribution in [2.24, 2.45) is 0 Å². The lowest BCUT2D eigenvalue weighted by Crippen LogP contribution is -2.07. The third-order valence-electron chi connectivity index (χ3n) is 4.64. The van der Waals surface area contributed by atoms with E-state index in [4.69, 9.17) is 23.2 Å². The van der Waals surface area contributed by atoms with Gasteiger partial charge < -0.3 is 0 Å². The monoisotopic (exact) mass is 439 g/mol. The van der Waals surface area contributed by atoms with E-state index in [0.29, 0.717) is 0 Å². The van der Waals surface area contributed by atoms with Crippen LogP contribution in [0, 0.1) is 0 Å². The Balaban J connectivity index is 1.53. The van der Waals surface area contributed by atoms with Crippen molar-refractivity contribution in [2.45, 2.75) is 17.5 Å². The van der Waals surface area contributed by atoms with Gasteiger partial charge in [-0.05, 0) is 46.5 Å². The van der Waals surface area contributed by atoms with Crippen molar-refractivity contribution in [3.63, 3.8) is 0 Å². The first-order valence-corrected chi connectivity index (χ1v) is 11.0. The van der Waals surface area contributed by atoms with E-state index in [1.807, 2.05) is 52.8 Å². The Labute approximate surface area is 184 Å². The molecule has 1 heterocycles. The highest BCUT2D eigenvalue weighted by atomic mass is 35.5. The first-order chi connectivity index (χ1) is 14.2. The Morgan fingerprint density at radius 2 is 1.38 bits per heavy atom. The van der Waals surface area contributed by atoms with Gasteiger partial charge in [-0.1, -0.05) is 71.7 Å². The van der Waals surface area contributed by atoms with Gasteiger partial charge in [0, 0.05) is 21.0 Å². The van der Waals surface area contributed by atoms with Gasteiger partial charge in [-0.15, -0.1) is 11.8 Å². The van der Waals surface area contributed by atoms with Gasteiger partial charge in [0.2, 0.25) is 0 Å². The maximum Gasteiger partial charge on any atom is 0.137 e. The number of aromatic nitrogens is 3. The number of halogens is 2. The maximum absolute atomic E-state index is 6.01. The normalized spacial score (nSPS) is 12.1. The predicted octanol–water partition coefficient (Wildman–Crippen LogP) is 6.93. The Hall–Kier alpha value is -2.27. The summed E-state index contributed by atoms with van der Waals surface area (Å²) >= 11 is 13.9. The number of benzene rings is 3. The quantitative estimate of drug-likeness (QED) is 0.312. The molecule has 0 aliphatic heterocycles. The van der Waals surface area contributed by atoms with Crippen molar-refractivity contribution in [1.82, 2.24) is 14.8 Å². The van der Waals surface area contributed by atoms with Gasteiger partial charge in [0.25, 0.3) is 0 Å². The highest BCUT2D eigenvalue weighted by Crippen LogP contribution is 2.34. The molecule has 0 aliphatic rings. The van der Waals surface area contributed by atoms with Crippen LogP contribution in [-0.4, -0.2) is 14.8 Å². The van der Waals surface area contributed by atoms with Crippen LogP contribution in [0.5, 0.6) is 0 Å². The summed E-state index contributed by atoms with van der Waals surface area (Å²) in [5, 5.41) is 6.05. The molecule has 4 aromatic rings. The van der Waals surface area contributed by atoms with Gasteiger partial charge in [-0.2, -0.15) is 5.10 Å². The molecule has 1 atom stereocenters. The largest absolute Gasteiger partial charge is 0.252 e. The van der Waals surface area contributed by atoms with E-state index in [1.165, 1.54) is 16.7 Å². The summed E-state index contributed by atoms with van der Waals surface area (Å²) in [6.07, 6.45) is 3.34. The van der Waals surface area contributed by atoms with E-state index in [2.05, 4.69) is 46.5 Å². The molecule has 0 fully saturated rings. The zero-order chi connectivity index (χ0) is 20.1. The highest BCUT2D eigenvalue weighted by Gasteiger charge is 2.14. The molecule has 1 aromatic heterocycles. The Bertz CT molecular complexity index is 1030. The third kappa shape index (κ3) is 5.41. The fourth-order valence-corrected chi connectivity index (χ4v) is 4.51. The van der Waals surface area contributed by atoms with E-state index in [9.17, 15) is 0 Å². The van der Waals surface area contributed by atoms with Gasteiger partial charge in [0.1, 0.15) is 12.7 Å². The molecule has 146 valence electrons. The van der Waals surface area contributed by atoms with E-state index in [-0.39, 0.29) is 5.25 Å². The zero-order valence-corrected chi connectivity index (χ0v) is 17.9. The van der Waals surface area contributed by atoms with E-state index in [1.54, 1.807) is 12.7 Å². The van der Waals surface area contributed by atoms with Crippen molar-refractivity contribution >= 4 is 35.0 Å². The van der Waals surface area contributed by atoms with Crippen LogP contribution in [0.4, 0.5) is 0 Å². The van der Waals surface area contributed by atoms with Crippen LogP contribution >= 0.6 is 35.0 Å². The first-order valence-electron chi connectivity index (χ1n) is 9.22. The number of rotatable bonds is 7. The Kier molecular flexibility index (Phi) is 6.55. The minimum atomic E-state index is 0.256. The number of thioether (sulfide) groups is 1. The van der Waals surface area contributed by atoms with E-state index >= 15 is 0 Å². The molecular weight excluding hydrogens is 421 g/mol. The van der Waals surface area contributed by atoms with Gasteiger partial charge in [-0.3, -0.25) is 4.68 Å².